The second-order valence-corrected chi connectivity index (χ2v) is 7.21. The smallest absolute Gasteiger partial charge is 0.457 e. The maximum absolute atomic E-state index is 12.9. The highest BCUT2D eigenvalue weighted by Crippen LogP contribution is 2.41. The molecule has 0 radical (unpaired) electrons. The third kappa shape index (κ3) is 5.72. The molecule has 5 atom stereocenters. The lowest BCUT2D eigenvalue weighted by atomic mass is 9.90. The fraction of sp³-hybridized carbons (Fsp3) is 0.381. The Morgan fingerprint density at radius 2 is 1.76 bits per heavy atom. The van der Waals surface area contributed by atoms with E-state index in [0.717, 1.165) is 12.1 Å². The van der Waals surface area contributed by atoms with Crippen molar-refractivity contribution in [2.24, 2.45) is 0 Å². The van der Waals surface area contributed by atoms with Gasteiger partial charge in [-0.2, -0.15) is 0 Å². The number of hydrogen-bond donors (Lipinski definition) is 5. The van der Waals surface area contributed by atoms with Crippen molar-refractivity contribution < 1.29 is 52.6 Å². The van der Waals surface area contributed by atoms with Gasteiger partial charge < -0.3 is 40.0 Å². The van der Waals surface area contributed by atoms with Crippen LogP contribution in [0.2, 0.25) is 0 Å². The Morgan fingerprint density at radius 3 is 2.39 bits per heavy atom. The van der Waals surface area contributed by atoms with Crippen molar-refractivity contribution in [2.75, 3.05) is 13.7 Å². The van der Waals surface area contributed by atoms with E-state index >= 15 is 0 Å². The molecule has 2 aromatic rings. The van der Waals surface area contributed by atoms with Gasteiger partial charge in [-0.05, 0) is 36.4 Å². The van der Waals surface area contributed by atoms with Crippen molar-refractivity contribution in [2.45, 2.75) is 36.9 Å². The van der Waals surface area contributed by atoms with Crippen molar-refractivity contribution in [3.63, 3.8) is 0 Å². The average Bonchev–Trinajstić information content (AvgIpc) is 2.77. The number of amides is 1. The number of aliphatic hydroxyl groups excluding tert-OH is 4. The number of hydrogen-bond acceptors (Lipinski definition) is 8. The van der Waals surface area contributed by atoms with Crippen LogP contribution in [0.5, 0.6) is 17.2 Å². The molecule has 0 unspecified atom stereocenters. The van der Waals surface area contributed by atoms with Gasteiger partial charge in [0.05, 0.1) is 6.61 Å². The monoisotopic (exact) mass is 473 g/mol. The zero-order valence-electron chi connectivity index (χ0n) is 17.2. The maximum Gasteiger partial charge on any atom is 0.573 e. The van der Waals surface area contributed by atoms with Gasteiger partial charge in [0.25, 0.3) is 5.91 Å². The molecule has 1 aliphatic rings. The highest BCUT2D eigenvalue weighted by molar-refractivity contribution is 5.94. The summed E-state index contributed by atoms with van der Waals surface area (Å²) in [5, 5.41) is 42.2. The molecule has 5 N–H and O–H groups in total. The van der Waals surface area contributed by atoms with Crippen LogP contribution in [-0.4, -0.2) is 70.8 Å². The van der Waals surface area contributed by atoms with Crippen molar-refractivity contribution in [3.05, 3.63) is 53.6 Å². The van der Waals surface area contributed by atoms with Gasteiger partial charge in [0.2, 0.25) is 0 Å². The first-order chi connectivity index (χ1) is 15.5. The number of carbonyl (C=O) groups excluding carboxylic acids is 1. The molecule has 0 saturated carbocycles. The summed E-state index contributed by atoms with van der Waals surface area (Å²) in [6.45, 7) is -0.765. The van der Waals surface area contributed by atoms with Gasteiger partial charge >= 0.3 is 6.36 Å². The minimum Gasteiger partial charge on any atom is -0.457 e. The van der Waals surface area contributed by atoms with Gasteiger partial charge in [-0.1, -0.05) is 6.07 Å². The van der Waals surface area contributed by atoms with E-state index < -0.39 is 49.2 Å². The molecule has 1 saturated heterocycles. The molecule has 0 aromatic heterocycles. The number of carbonyl (C=O) groups is 1. The lowest BCUT2D eigenvalue weighted by molar-refractivity contribution is -0.276. The Bertz CT molecular complexity index is 984. The van der Waals surface area contributed by atoms with E-state index in [4.69, 9.17) is 9.47 Å². The molecule has 180 valence electrons. The minimum absolute atomic E-state index is 0.00513. The largest absolute Gasteiger partial charge is 0.573 e. The Hall–Kier alpha value is -2.90. The van der Waals surface area contributed by atoms with E-state index in [0.29, 0.717) is 0 Å². The predicted molar refractivity (Wildman–Crippen MR) is 106 cm³/mol. The molecule has 1 amide bonds. The topological polar surface area (TPSA) is 138 Å². The summed E-state index contributed by atoms with van der Waals surface area (Å²) in [4.78, 5) is 11.8. The van der Waals surface area contributed by atoms with E-state index in [1.54, 1.807) is 6.07 Å². The quantitative estimate of drug-likeness (QED) is 0.423. The van der Waals surface area contributed by atoms with E-state index in [-0.39, 0.29) is 28.5 Å². The first-order valence-corrected chi connectivity index (χ1v) is 9.74. The van der Waals surface area contributed by atoms with E-state index in [9.17, 15) is 38.4 Å². The molecule has 1 heterocycles. The number of ether oxygens (including phenoxy) is 3. The summed E-state index contributed by atoms with van der Waals surface area (Å²) in [5.41, 5.74) is -0.0645. The number of benzene rings is 2. The number of rotatable bonds is 6. The number of nitrogens with one attached hydrogen (secondary N) is 1. The Kier molecular flexibility index (Phi) is 7.44. The zero-order valence-corrected chi connectivity index (χ0v) is 17.2. The molecule has 33 heavy (non-hydrogen) atoms. The molecular weight excluding hydrogens is 451 g/mol. The van der Waals surface area contributed by atoms with Crippen molar-refractivity contribution >= 4 is 5.91 Å². The fourth-order valence-corrected chi connectivity index (χ4v) is 3.37. The van der Waals surface area contributed by atoms with Gasteiger partial charge in [0, 0.05) is 18.2 Å². The Labute approximate surface area is 185 Å². The number of halogens is 3. The number of alkyl halides is 3. The second kappa shape index (κ2) is 9.93. The lowest BCUT2D eigenvalue weighted by Gasteiger charge is -2.40. The van der Waals surface area contributed by atoms with Crippen LogP contribution < -0.4 is 14.8 Å². The van der Waals surface area contributed by atoms with Gasteiger partial charge in [0.1, 0.15) is 47.8 Å². The molecule has 1 aliphatic heterocycles. The van der Waals surface area contributed by atoms with Gasteiger partial charge in [-0.15, -0.1) is 13.2 Å². The van der Waals surface area contributed by atoms with Crippen molar-refractivity contribution in [1.29, 1.82) is 0 Å². The van der Waals surface area contributed by atoms with Crippen LogP contribution in [0.25, 0.3) is 0 Å². The lowest BCUT2D eigenvalue weighted by Crippen LogP contribution is -2.55. The molecule has 0 bridgehead atoms. The maximum atomic E-state index is 12.9. The molecule has 0 aliphatic carbocycles. The van der Waals surface area contributed by atoms with Crippen molar-refractivity contribution in [3.8, 4) is 17.2 Å². The summed E-state index contributed by atoms with van der Waals surface area (Å²) < 4.78 is 53.9. The molecular formula is C21H22F3NO8. The van der Waals surface area contributed by atoms with Crippen molar-refractivity contribution in [1.82, 2.24) is 5.32 Å². The predicted octanol–water partition coefficient (Wildman–Crippen LogP) is 1.25. The Morgan fingerprint density at radius 1 is 1.06 bits per heavy atom. The molecule has 12 heteroatoms. The highest BCUT2D eigenvalue weighted by atomic mass is 19.4. The first-order valence-electron chi connectivity index (χ1n) is 9.74. The summed E-state index contributed by atoms with van der Waals surface area (Å²) in [7, 11) is 1.45. The van der Waals surface area contributed by atoms with Crippen LogP contribution >= 0.6 is 0 Å². The van der Waals surface area contributed by atoms with E-state index in [1.807, 2.05) is 0 Å². The molecule has 9 nitrogen and oxygen atoms in total. The third-order valence-electron chi connectivity index (χ3n) is 4.96. The van der Waals surface area contributed by atoms with E-state index in [1.165, 1.54) is 31.3 Å². The number of aliphatic hydroxyl groups is 4. The van der Waals surface area contributed by atoms with Crippen LogP contribution in [0, 0.1) is 0 Å². The Balaban J connectivity index is 1.99. The summed E-state index contributed by atoms with van der Waals surface area (Å²) in [5.74, 6) is -0.916. The molecule has 2 aromatic carbocycles. The zero-order chi connectivity index (χ0) is 24.3. The van der Waals surface area contributed by atoms with Gasteiger partial charge in [0.15, 0.2) is 0 Å². The fourth-order valence-electron chi connectivity index (χ4n) is 3.37. The summed E-state index contributed by atoms with van der Waals surface area (Å²) >= 11 is 0. The molecule has 0 spiro atoms. The van der Waals surface area contributed by atoms with Gasteiger partial charge in [-0.3, -0.25) is 4.79 Å². The van der Waals surface area contributed by atoms with Crippen LogP contribution in [-0.2, 0) is 4.74 Å². The SMILES string of the molecule is CNC(=O)c1cccc(Oc2ccc(OC(F)(F)F)c([C@H]3O[C@H](CO)[C@@H](O)[C@H](O)[C@H]3O)c2)c1. The van der Waals surface area contributed by atoms with Crippen LogP contribution in [0.1, 0.15) is 22.0 Å². The van der Waals surface area contributed by atoms with Crippen LogP contribution in [0.15, 0.2) is 42.5 Å². The first kappa shape index (κ1) is 24.7. The summed E-state index contributed by atoms with van der Waals surface area (Å²) in [6.07, 6.45) is -13.4. The normalized spacial score (nSPS) is 25.4. The minimum atomic E-state index is -5.08. The van der Waals surface area contributed by atoms with Crippen LogP contribution in [0.3, 0.4) is 0 Å². The van der Waals surface area contributed by atoms with Crippen LogP contribution in [0.4, 0.5) is 13.2 Å². The third-order valence-corrected chi connectivity index (χ3v) is 4.96. The molecule has 3 rings (SSSR count). The highest BCUT2D eigenvalue weighted by Gasteiger charge is 2.45. The molecule has 1 fully saturated rings. The van der Waals surface area contributed by atoms with E-state index in [2.05, 4.69) is 10.1 Å². The van der Waals surface area contributed by atoms with Gasteiger partial charge in [-0.25, -0.2) is 0 Å². The summed E-state index contributed by atoms with van der Waals surface area (Å²) in [6, 6.07) is 9.20. The average molecular weight is 473 g/mol. The second-order valence-electron chi connectivity index (χ2n) is 7.21. The standard InChI is InChI=1S/C21H22F3NO8/c1-25-20(30)10-3-2-4-11(7-10)31-12-5-6-14(33-21(22,23)24)13(8-12)19-18(29)17(28)16(27)15(9-26)32-19/h2-8,15-19,26-29H,9H2,1H3,(H,25,30)/t15-,16-,17+,18-,19-/m1/s1.